The number of aromatic nitrogens is 5. The molecule has 170 valence electrons. The maximum Gasteiger partial charge on any atom is 0.449 e. The van der Waals surface area contributed by atoms with Gasteiger partial charge in [-0.2, -0.15) is 28.1 Å². The van der Waals surface area contributed by atoms with E-state index in [-0.39, 0.29) is 28.8 Å². The third-order valence-electron chi connectivity index (χ3n) is 4.65. The number of rotatable bonds is 6. The van der Waals surface area contributed by atoms with Crippen molar-refractivity contribution in [2.45, 2.75) is 26.3 Å². The zero-order valence-corrected chi connectivity index (χ0v) is 17.3. The molecule has 2 aromatic heterocycles. The maximum atomic E-state index is 13.4. The quantitative estimate of drug-likeness (QED) is 0.421. The molecule has 3 N–H and O–H groups in total. The van der Waals surface area contributed by atoms with Gasteiger partial charge in [-0.25, -0.2) is 4.98 Å². The number of anilines is 3. The van der Waals surface area contributed by atoms with E-state index in [1.807, 2.05) is 31.2 Å². The van der Waals surface area contributed by atoms with Gasteiger partial charge in [-0.3, -0.25) is 4.79 Å². The molecule has 0 spiro atoms. The molecule has 0 saturated carbocycles. The van der Waals surface area contributed by atoms with E-state index in [1.54, 1.807) is 12.1 Å². The second-order valence-electron chi connectivity index (χ2n) is 7.04. The fourth-order valence-electron chi connectivity index (χ4n) is 3.16. The minimum Gasteiger partial charge on any atom is -0.456 e. The van der Waals surface area contributed by atoms with Crippen LogP contribution in [0.5, 0.6) is 0 Å². The van der Waals surface area contributed by atoms with Gasteiger partial charge in [-0.05, 0) is 30.7 Å². The van der Waals surface area contributed by atoms with E-state index in [4.69, 9.17) is 10.5 Å². The molecule has 2 aromatic carbocycles. The minimum absolute atomic E-state index is 0.0402. The summed E-state index contributed by atoms with van der Waals surface area (Å²) in [4.78, 5) is 28.0. The number of carbonyl (C=O) groups is 1. The molecule has 4 rings (SSSR count). The lowest BCUT2D eigenvalue weighted by atomic mass is 10.2. The van der Waals surface area contributed by atoms with Gasteiger partial charge in [0.25, 0.3) is 0 Å². The number of para-hydroxylation sites is 3. The van der Waals surface area contributed by atoms with Crippen molar-refractivity contribution in [3.63, 3.8) is 0 Å². The lowest BCUT2D eigenvalue weighted by molar-refractivity contribution is -0.151. The van der Waals surface area contributed by atoms with Crippen LogP contribution < -0.4 is 11.1 Å². The van der Waals surface area contributed by atoms with Crippen LogP contribution in [0.25, 0.3) is 11.0 Å². The second kappa shape index (κ2) is 8.73. The van der Waals surface area contributed by atoms with Crippen molar-refractivity contribution in [3.05, 3.63) is 65.7 Å². The van der Waals surface area contributed by atoms with Crippen LogP contribution in [0.1, 0.15) is 17.2 Å². The molecule has 0 bridgehead atoms. The minimum atomic E-state index is -4.74. The first kappa shape index (κ1) is 22.0. The van der Waals surface area contributed by atoms with Crippen LogP contribution in [0, 0.1) is 6.92 Å². The van der Waals surface area contributed by atoms with Crippen molar-refractivity contribution in [2.75, 3.05) is 11.1 Å². The second-order valence-corrected chi connectivity index (χ2v) is 7.04. The van der Waals surface area contributed by atoms with Gasteiger partial charge in [0.15, 0.2) is 12.4 Å². The summed E-state index contributed by atoms with van der Waals surface area (Å²) < 4.78 is 46.1. The fraction of sp³-hybridized carbons (Fsp3) is 0.190. The van der Waals surface area contributed by atoms with Gasteiger partial charge in [0.1, 0.15) is 6.54 Å². The largest absolute Gasteiger partial charge is 0.456 e. The summed E-state index contributed by atoms with van der Waals surface area (Å²) in [5.74, 6) is -2.03. The molecule has 0 amide bonds. The van der Waals surface area contributed by atoms with E-state index in [0.717, 1.165) is 15.8 Å². The predicted molar refractivity (Wildman–Crippen MR) is 113 cm³/mol. The van der Waals surface area contributed by atoms with Crippen LogP contribution in [-0.2, 0) is 28.9 Å². The summed E-state index contributed by atoms with van der Waals surface area (Å²) in [6, 6.07) is 13.4. The number of imidazole rings is 1. The average molecular weight is 457 g/mol. The maximum absolute atomic E-state index is 13.4. The topological polar surface area (TPSA) is 121 Å². The number of fused-ring (bicyclic) bond motifs is 1. The Morgan fingerprint density at radius 1 is 1.06 bits per heavy atom. The van der Waals surface area contributed by atoms with Crippen molar-refractivity contribution in [3.8, 4) is 0 Å². The molecule has 0 atom stereocenters. The molecule has 2 heterocycles. The molecule has 0 aliphatic rings. The number of aryl methyl sites for hydroxylation is 1. The molecule has 0 saturated heterocycles. The molecule has 0 aliphatic heterocycles. The molecular weight excluding hydrogens is 439 g/mol. The Morgan fingerprint density at radius 3 is 2.55 bits per heavy atom. The van der Waals surface area contributed by atoms with E-state index in [2.05, 4.69) is 25.3 Å². The molecule has 9 nitrogen and oxygen atoms in total. The van der Waals surface area contributed by atoms with Crippen molar-refractivity contribution in [2.24, 2.45) is 0 Å². The van der Waals surface area contributed by atoms with Crippen molar-refractivity contribution >= 4 is 34.6 Å². The van der Waals surface area contributed by atoms with Crippen molar-refractivity contribution in [1.82, 2.24) is 24.5 Å². The van der Waals surface area contributed by atoms with Gasteiger partial charge in [0.2, 0.25) is 17.7 Å². The molecule has 0 fully saturated rings. The zero-order chi connectivity index (χ0) is 23.6. The number of benzene rings is 2. The van der Waals surface area contributed by atoms with E-state index in [0.29, 0.717) is 0 Å². The first-order valence-electron chi connectivity index (χ1n) is 9.72. The highest BCUT2D eigenvalue weighted by molar-refractivity contribution is 5.79. The third kappa shape index (κ3) is 5.00. The summed E-state index contributed by atoms with van der Waals surface area (Å²) in [7, 11) is 0. The number of nitrogens with two attached hydrogens (primary N) is 1. The normalized spacial score (nSPS) is 11.5. The van der Waals surface area contributed by atoms with Gasteiger partial charge < -0.3 is 20.4 Å². The summed E-state index contributed by atoms with van der Waals surface area (Å²) in [6.07, 6.45) is -4.74. The van der Waals surface area contributed by atoms with E-state index in [1.165, 1.54) is 12.1 Å². The number of carbonyl (C=O) groups excluding carboxylic acids is 1. The number of alkyl halides is 3. The predicted octanol–water partition coefficient (Wildman–Crippen LogP) is 3.62. The zero-order valence-electron chi connectivity index (χ0n) is 17.3. The Hall–Kier alpha value is -4.22. The number of ether oxygens (including phenoxy) is 1. The SMILES string of the molecule is Cc1ccccc1Nc1nc(N)nc(COC(=O)Cn2c(C(F)(F)F)nc3ccccc32)n1. The first-order chi connectivity index (χ1) is 15.7. The smallest absolute Gasteiger partial charge is 0.449 e. The number of hydrogen-bond donors (Lipinski definition) is 2. The molecule has 12 heteroatoms. The van der Waals surface area contributed by atoms with Gasteiger partial charge >= 0.3 is 12.1 Å². The highest BCUT2D eigenvalue weighted by Gasteiger charge is 2.38. The summed E-state index contributed by atoms with van der Waals surface area (Å²) in [6.45, 7) is 0.802. The van der Waals surface area contributed by atoms with Gasteiger partial charge in [-0.1, -0.05) is 30.3 Å². The molecule has 0 aliphatic carbocycles. The molecule has 0 radical (unpaired) electrons. The van der Waals surface area contributed by atoms with E-state index < -0.39 is 31.1 Å². The molecule has 4 aromatic rings. The van der Waals surface area contributed by atoms with E-state index >= 15 is 0 Å². The highest BCUT2D eigenvalue weighted by atomic mass is 19.4. The standard InChI is InChI=1S/C21H18F3N7O2/c1-12-6-2-3-7-13(12)27-20-29-16(28-19(25)30-20)11-33-17(32)10-31-15-9-5-4-8-14(15)26-18(31)21(22,23)24/h2-9H,10-11H2,1H3,(H3,25,27,28,29,30). The van der Waals surface area contributed by atoms with E-state index in [9.17, 15) is 18.0 Å². The number of nitrogen functional groups attached to an aromatic ring is 1. The fourth-order valence-corrected chi connectivity index (χ4v) is 3.16. The number of halogens is 3. The van der Waals surface area contributed by atoms with Gasteiger partial charge in [-0.15, -0.1) is 0 Å². The summed E-state index contributed by atoms with van der Waals surface area (Å²) in [5.41, 5.74) is 7.69. The van der Waals surface area contributed by atoms with Gasteiger partial charge in [0, 0.05) is 5.69 Å². The molecular formula is C21H18F3N7O2. The number of hydrogen-bond acceptors (Lipinski definition) is 8. The van der Waals surface area contributed by atoms with Crippen LogP contribution >= 0.6 is 0 Å². The van der Waals surface area contributed by atoms with Crippen molar-refractivity contribution in [1.29, 1.82) is 0 Å². The number of esters is 1. The summed E-state index contributed by atoms with van der Waals surface area (Å²) >= 11 is 0. The highest BCUT2D eigenvalue weighted by Crippen LogP contribution is 2.31. The number of nitrogens with zero attached hydrogens (tertiary/aromatic N) is 5. The van der Waals surface area contributed by atoms with Crippen molar-refractivity contribution < 1.29 is 22.7 Å². The monoisotopic (exact) mass is 457 g/mol. The number of nitrogens with one attached hydrogen (secondary N) is 1. The molecule has 33 heavy (non-hydrogen) atoms. The van der Waals surface area contributed by atoms with Crippen LogP contribution in [0.4, 0.5) is 30.8 Å². The van der Waals surface area contributed by atoms with Crippen LogP contribution in [0.3, 0.4) is 0 Å². The van der Waals surface area contributed by atoms with Gasteiger partial charge in [0.05, 0.1) is 11.0 Å². The van der Waals surface area contributed by atoms with Crippen LogP contribution in [0.15, 0.2) is 48.5 Å². The lowest BCUT2D eigenvalue weighted by Crippen LogP contribution is -2.21. The average Bonchev–Trinajstić information content (AvgIpc) is 3.13. The van der Waals surface area contributed by atoms with Crippen LogP contribution in [-0.4, -0.2) is 30.5 Å². The Balaban J connectivity index is 1.49. The first-order valence-corrected chi connectivity index (χ1v) is 9.72. The Bertz CT molecular complexity index is 1320. The molecule has 0 unspecified atom stereocenters. The third-order valence-corrected chi connectivity index (χ3v) is 4.65. The Labute approximate surface area is 185 Å². The Kier molecular flexibility index (Phi) is 5.82. The lowest BCUT2D eigenvalue weighted by Gasteiger charge is -2.12. The van der Waals surface area contributed by atoms with Crippen LogP contribution in [0.2, 0.25) is 0 Å². The summed E-state index contributed by atoms with van der Waals surface area (Å²) in [5, 5.41) is 3.00. The Morgan fingerprint density at radius 2 is 1.79 bits per heavy atom.